The fourth-order valence-corrected chi connectivity index (χ4v) is 2.97. The molecule has 0 unspecified atom stereocenters. The normalized spacial score (nSPS) is 24.4. The van der Waals surface area contributed by atoms with Gasteiger partial charge in [-0.05, 0) is 37.5 Å². The number of amides is 1. The molecule has 1 rings (SSSR count). The van der Waals surface area contributed by atoms with Gasteiger partial charge in [-0.25, -0.2) is 0 Å². The standard InChI is InChI=1S/C16H29NO3/c1-4-5-6-12-7-9-13(10-8-12)15(18)17-14(11(2)3)16(19)20/h11-14H,4-10H2,1-3H3,(H,17,18)(H,19,20)/p-1/t12?,13?,14-/m1/s1. The maximum Gasteiger partial charge on any atom is 0.223 e. The average Bonchev–Trinajstić information content (AvgIpc) is 2.42. The quantitative estimate of drug-likeness (QED) is 0.775. The summed E-state index contributed by atoms with van der Waals surface area (Å²) >= 11 is 0. The van der Waals surface area contributed by atoms with Crippen LogP contribution in [0.4, 0.5) is 0 Å². The number of unbranched alkanes of at least 4 members (excludes halogenated alkanes) is 1. The summed E-state index contributed by atoms with van der Waals surface area (Å²) in [7, 11) is 0. The topological polar surface area (TPSA) is 69.2 Å². The van der Waals surface area contributed by atoms with Crippen LogP contribution in [-0.2, 0) is 9.59 Å². The first kappa shape index (κ1) is 17.0. The predicted molar refractivity (Wildman–Crippen MR) is 76.7 cm³/mol. The Morgan fingerprint density at radius 1 is 1.20 bits per heavy atom. The summed E-state index contributed by atoms with van der Waals surface area (Å²) in [5.41, 5.74) is 0. The highest BCUT2D eigenvalue weighted by Crippen LogP contribution is 2.32. The first-order valence-electron chi connectivity index (χ1n) is 7.96. The van der Waals surface area contributed by atoms with E-state index in [0.29, 0.717) is 0 Å². The van der Waals surface area contributed by atoms with E-state index in [2.05, 4.69) is 12.2 Å². The number of nitrogens with one attached hydrogen (secondary N) is 1. The molecule has 0 bridgehead atoms. The molecule has 1 saturated carbocycles. The number of rotatable bonds is 7. The smallest absolute Gasteiger partial charge is 0.223 e. The monoisotopic (exact) mass is 282 g/mol. The molecule has 1 amide bonds. The van der Waals surface area contributed by atoms with Gasteiger partial charge in [0.1, 0.15) is 0 Å². The van der Waals surface area contributed by atoms with Gasteiger partial charge in [0.05, 0.1) is 12.0 Å². The molecular formula is C16H28NO3-. The molecule has 20 heavy (non-hydrogen) atoms. The lowest BCUT2D eigenvalue weighted by Crippen LogP contribution is -2.52. The van der Waals surface area contributed by atoms with Gasteiger partial charge >= 0.3 is 0 Å². The number of carboxylic acids is 1. The van der Waals surface area contributed by atoms with Crippen molar-refractivity contribution in [2.75, 3.05) is 0 Å². The van der Waals surface area contributed by atoms with Crippen molar-refractivity contribution in [3.8, 4) is 0 Å². The van der Waals surface area contributed by atoms with Crippen LogP contribution >= 0.6 is 0 Å². The summed E-state index contributed by atoms with van der Waals surface area (Å²) in [6.07, 6.45) is 7.71. The Labute approximate surface area is 122 Å². The minimum Gasteiger partial charge on any atom is -0.548 e. The first-order valence-corrected chi connectivity index (χ1v) is 7.96. The van der Waals surface area contributed by atoms with Gasteiger partial charge < -0.3 is 15.2 Å². The number of aliphatic carboxylic acids is 1. The van der Waals surface area contributed by atoms with Crippen LogP contribution in [0.5, 0.6) is 0 Å². The van der Waals surface area contributed by atoms with Crippen LogP contribution in [0.15, 0.2) is 0 Å². The summed E-state index contributed by atoms with van der Waals surface area (Å²) in [6, 6.07) is -0.875. The largest absolute Gasteiger partial charge is 0.548 e. The van der Waals surface area contributed by atoms with E-state index in [0.717, 1.165) is 31.6 Å². The SMILES string of the molecule is CCCCC1CCC(C(=O)N[C@@H](C(=O)[O-])C(C)C)CC1. The molecule has 0 aromatic rings. The Balaban J connectivity index is 2.40. The Bertz CT molecular complexity index is 320. The molecule has 0 aliphatic heterocycles. The van der Waals surface area contributed by atoms with Crippen LogP contribution in [0.1, 0.15) is 65.7 Å². The molecule has 1 N–H and O–H groups in total. The molecule has 1 aliphatic carbocycles. The van der Waals surface area contributed by atoms with Gasteiger partial charge in [-0.2, -0.15) is 0 Å². The number of hydrogen-bond acceptors (Lipinski definition) is 3. The highest BCUT2D eigenvalue weighted by molar-refractivity contribution is 5.84. The molecule has 0 saturated heterocycles. The van der Waals surface area contributed by atoms with Gasteiger partial charge in [-0.3, -0.25) is 4.79 Å². The lowest BCUT2D eigenvalue weighted by Gasteiger charge is -2.30. The molecule has 116 valence electrons. The van der Waals surface area contributed by atoms with Crippen LogP contribution in [0, 0.1) is 17.8 Å². The van der Waals surface area contributed by atoms with Crippen molar-refractivity contribution < 1.29 is 14.7 Å². The molecule has 1 atom stereocenters. The average molecular weight is 282 g/mol. The summed E-state index contributed by atoms with van der Waals surface area (Å²) in [6.45, 7) is 5.76. The molecule has 1 fully saturated rings. The fraction of sp³-hybridized carbons (Fsp3) is 0.875. The Kier molecular flexibility index (Phi) is 7.03. The first-order chi connectivity index (χ1) is 9.45. The highest BCUT2D eigenvalue weighted by Gasteiger charge is 2.28. The third-order valence-corrected chi connectivity index (χ3v) is 4.40. The third kappa shape index (κ3) is 5.14. The van der Waals surface area contributed by atoms with Gasteiger partial charge in [0.25, 0.3) is 0 Å². The summed E-state index contributed by atoms with van der Waals surface area (Å²) in [4.78, 5) is 23.1. The summed E-state index contributed by atoms with van der Waals surface area (Å²) < 4.78 is 0. The van der Waals surface area contributed by atoms with Crippen molar-refractivity contribution in [2.24, 2.45) is 17.8 Å². The zero-order valence-electron chi connectivity index (χ0n) is 13.0. The molecule has 0 radical (unpaired) electrons. The van der Waals surface area contributed by atoms with Gasteiger partial charge in [-0.15, -0.1) is 0 Å². The molecule has 1 aliphatic rings. The summed E-state index contributed by atoms with van der Waals surface area (Å²) in [5, 5.41) is 13.6. The molecule has 0 heterocycles. The number of hydrogen-bond donors (Lipinski definition) is 1. The van der Waals surface area contributed by atoms with E-state index in [1.165, 1.54) is 19.3 Å². The maximum atomic E-state index is 12.1. The number of carbonyl (C=O) groups is 2. The van der Waals surface area contributed by atoms with Crippen LogP contribution in [0.2, 0.25) is 0 Å². The number of carboxylic acid groups (broad SMARTS) is 1. The molecule has 4 nitrogen and oxygen atoms in total. The van der Waals surface area contributed by atoms with Crippen molar-refractivity contribution in [3.63, 3.8) is 0 Å². The molecule has 4 heteroatoms. The van der Waals surface area contributed by atoms with Crippen molar-refractivity contribution in [1.82, 2.24) is 5.32 Å². The summed E-state index contributed by atoms with van der Waals surface area (Å²) in [5.74, 6) is -0.717. The highest BCUT2D eigenvalue weighted by atomic mass is 16.4. The minimum absolute atomic E-state index is 0.0199. The molecule has 0 aromatic heterocycles. The van der Waals surface area contributed by atoms with Crippen molar-refractivity contribution in [1.29, 1.82) is 0 Å². The van der Waals surface area contributed by atoms with Gasteiger partial charge in [0.2, 0.25) is 5.91 Å². The van der Waals surface area contributed by atoms with Crippen LogP contribution < -0.4 is 10.4 Å². The van der Waals surface area contributed by atoms with Crippen LogP contribution in [0.3, 0.4) is 0 Å². The second-order valence-corrected chi connectivity index (χ2v) is 6.41. The van der Waals surface area contributed by atoms with E-state index in [-0.39, 0.29) is 17.7 Å². The Hall–Kier alpha value is -1.06. The Morgan fingerprint density at radius 3 is 2.25 bits per heavy atom. The second-order valence-electron chi connectivity index (χ2n) is 6.41. The zero-order valence-corrected chi connectivity index (χ0v) is 13.0. The van der Waals surface area contributed by atoms with Gasteiger partial charge in [0.15, 0.2) is 0 Å². The lowest BCUT2D eigenvalue weighted by atomic mass is 9.79. The van der Waals surface area contributed by atoms with E-state index in [9.17, 15) is 14.7 Å². The molecule has 0 aromatic carbocycles. The van der Waals surface area contributed by atoms with Gasteiger partial charge in [-0.1, -0.05) is 40.0 Å². The van der Waals surface area contributed by atoms with E-state index in [1.54, 1.807) is 13.8 Å². The molecular weight excluding hydrogens is 254 g/mol. The van der Waals surface area contributed by atoms with Crippen LogP contribution in [-0.4, -0.2) is 17.9 Å². The zero-order chi connectivity index (χ0) is 15.1. The molecule has 0 spiro atoms. The second kappa shape index (κ2) is 8.28. The van der Waals surface area contributed by atoms with Crippen molar-refractivity contribution >= 4 is 11.9 Å². The van der Waals surface area contributed by atoms with E-state index in [4.69, 9.17) is 0 Å². The number of carbonyl (C=O) groups excluding carboxylic acids is 2. The fourth-order valence-electron chi connectivity index (χ4n) is 2.97. The van der Waals surface area contributed by atoms with E-state index < -0.39 is 12.0 Å². The minimum atomic E-state index is -1.19. The Morgan fingerprint density at radius 2 is 1.80 bits per heavy atom. The predicted octanol–water partition coefficient (Wildman–Crippen LogP) is 1.87. The lowest BCUT2D eigenvalue weighted by molar-refractivity contribution is -0.309. The maximum absolute atomic E-state index is 12.1. The van der Waals surface area contributed by atoms with Gasteiger partial charge in [0, 0.05) is 5.92 Å². The van der Waals surface area contributed by atoms with Crippen LogP contribution in [0.25, 0.3) is 0 Å². The van der Waals surface area contributed by atoms with E-state index in [1.807, 2.05) is 0 Å². The van der Waals surface area contributed by atoms with Crippen molar-refractivity contribution in [2.45, 2.75) is 71.8 Å². The third-order valence-electron chi connectivity index (χ3n) is 4.40. The van der Waals surface area contributed by atoms with E-state index >= 15 is 0 Å². The van der Waals surface area contributed by atoms with Crippen molar-refractivity contribution in [3.05, 3.63) is 0 Å².